The van der Waals surface area contributed by atoms with E-state index in [1.807, 2.05) is 37.3 Å². The molecule has 128 valence electrons. The van der Waals surface area contributed by atoms with Crippen molar-refractivity contribution in [3.8, 4) is 0 Å². The molecule has 1 heterocycles. The maximum absolute atomic E-state index is 12.6. The second-order valence-electron chi connectivity index (χ2n) is 6.02. The Kier molecular flexibility index (Phi) is 5.68. The van der Waals surface area contributed by atoms with Crippen LogP contribution in [0.2, 0.25) is 0 Å². The van der Waals surface area contributed by atoms with Crippen LogP contribution < -0.4 is 0 Å². The SMILES string of the molecule is CCC(C(=O)N1CCC(C(O)C(F)(F)F)CC1)c1ccccc1. The highest BCUT2D eigenvalue weighted by molar-refractivity contribution is 5.83. The molecule has 0 saturated carbocycles. The summed E-state index contributed by atoms with van der Waals surface area (Å²) in [5.41, 5.74) is 0.928. The maximum atomic E-state index is 12.6. The third-order valence-corrected chi connectivity index (χ3v) is 4.54. The van der Waals surface area contributed by atoms with Crippen LogP contribution in [-0.2, 0) is 4.79 Å². The number of piperidine rings is 1. The largest absolute Gasteiger partial charge is 0.414 e. The standard InChI is InChI=1S/C17H22F3NO2/c1-2-14(12-6-4-3-5-7-12)16(23)21-10-8-13(9-11-21)15(22)17(18,19)20/h3-7,13-15,22H,2,8-11H2,1H3. The van der Waals surface area contributed by atoms with Gasteiger partial charge in [0.25, 0.3) is 0 Å². The van der Waals surface area contributed by atoms with Gasteiger partial charge in [-0.2, -0.15) is 13.2 Å². The molecule has 1 aromatic rings. The third kappa shape index (κ3) is 4.25. The number of rotatable bonds is 4. The molecule has 3 nitrogen and oxygen atoms in total. The summed E-state index contributed by atoms with van der Waals surface area (Å²) < 4.78 is 37.7. The summed E-state index contributed by atoms with van der Waals surface area (Å²) in [7, 11) is 0. The molecule has 0 aromatic heterocycles. The average molecular weight is 329 g/mol. The van der Waals surface area contributed by atoms with Gasteiger partial charge in [0.15, 0.2) is 6.10 Å². The van der Waals surface area contributed by atoms with Gasteiger partial charge >= 0.3 is 6.18 Å². The lowest BCUT2D eigenvalue weighted by molar-refractivity contribution is -0.223. The first-order valence-corrected chi connectivity index (χ1v) is 7.93. The van der Waals surface area contributed by atoms with Crippen LogP contribution in [0.4, 0.5) is 13.2 Å². The van der Waals surface area contributed by atoms with Crippen molar-refractivity contribution < 1.29 is 23.1 Å². The van der Waals surface area contributed by atoms with Crippen LogP contribution in [0.1, 0.15) is 37.7 Å². The summed E-state index contributed by atoms with van der Waals surface area (Å²) in [5, 5.41) is 9.34. The number of nitrogens with zero attached hydrogens (tertiary/aromatic N) is 1. The zero-order valence-electron chi connectivity index (χ0n) is 13.1. The summed E-state index contributed by atoms with van der Waals surface area (Å²) in [6.45, 7) is 2.45. The van der Waals surface area contributed by atoms with Crippen LogP contribution in [0.15, 0.2) is 30.3 Å². The lowest BCUT2D eigenvalue weighted by Gasteiger charge is -2.36. The Morgan fingerprint density at radius 1 is 1.26 bits per heavy atom. The molecule has 1 aliphatic heterocycles. The summed E-state index contributed by atoms with van der Waals surface area (Å²) in [4.78, 5) is 14.3. The quantitative estimate of drug-likeness (QED) is 0.920. The molecular formula is C17H22F3NO2. The van der Waals surface area contributed by atoms with Crippen molar-refractivity contribution in [2.24, 2.45) is 5.92 Å². The highest BCUT2D eigenvalue weighted by Gasteiger charge is 2.44. The normalized spacial score (nSPS) is 19.4. The number of alkyl halides is 3. The molecule has 0 radical (unpaired) electrons. The van der Waals surface area contributed by atoms with E-state index < -0.39 is 18.2 Å². The molecule has 0 bridgehead atoms. The molecule has 1 amide bonds. The van der Waals surface area contributed by atoms with E-state index in [2.05, 4.69) is 0 Å². The molecule has 1 aliphatic rings. The number of amides is 1. The summed E-state index contributed by atoms with van der Waals surface area (Å²) in [5.74, 6) is -1.13. The predicted molar refractivity (Wildman–Crippen MR) is 80.8 cm³/mol. The van der Waals surface area contributed by atoms with Crippen molar-refractivity contribution in [2.45, 2.75) is 44.4 Å². The van der Waals surface area contributed by atoms with Crippen LogP contribution in [0, 0.1) is 5.92 Å². The Labute approximate surface area is 134 Å². The fourth-order valence-electron chi connectivity index (χ4n) is 3.16. The predicted octanol–water partition coefficient (Wildman–Crippen LogP) is 3.34. The Morgan fingerprint density at radius 2 is 1.83 bits per heavy atom. The number of aliphatic hydroxyl groups excluding tert-OH is 1. The van der Waals surface area contributed by atoms with Gasteiger partial charge in [0, 0.05) is 13.1 Å². The molecule has 23 heavy (non-hydrogen) atoms. The monoisotopic (exact) mass is 329 g/mol. The Balaban J connectivity index is 1.98. The number of halogens is 3. The molecule has 1 N–H and O–H groups in total. The van der Waals surface area contributed by atoms with Gasteiger partial charge in [-0.1, -0.05) is 37.3 Å². The lowest BCUT2D eigenvalue weighted by Crippen LogP contribution is -2.46. The zero-order valence-corrected chi connectivity index (χ0v) is 13.1. The molecule has 2 rings (SSSR count). The van der Waals surface area contributed by atoms with Gasteiger partial charge in [-0.05, 0) is 30.7 Å². The number of aliphatic hydroxyl groups is 1. The minimum absolute atomic E-state index is 0.0429. The number of benzene rings is 1. The first-order valence-electron chi connectivity index (χ1n) is 7.93. The number of likely N-dealkylation sites (tertiary alicyclic amines) is 1. The van der Waals surface area contributed by atoms with Crippen molar-refractivity contribution >= 4 is 5.91 Å². The van der Waals surface area contributed by atoms with Gasteiger partial charge < -0.3 is 10.0 Å². The number of carbonyl (C=O) groups is 1. The third-order valence-electron chi connectivity index (χ3n) is 4.54. The summed E-state index contributed by atoms with van der Waals surface area (Å²) in [6.07, 6.45) is -5.88. The number of hydrogen-bond acceptors (Lipinski definition) is 2. The Bertz CT molecular complexity index is 510. The molecule has 1 saturated heterocycles. The van der Waals surface area contributed by atoms with Gasteiger partial charge in [0.05, 0.1) is 5.92 Å². The minimum Gasteiger partial charge on any atom is -0.383 e. The van der Waals surface area contributed by atoms with E-state index in [0.29, 0.717) is 6.42 Å². The Hall–Kier alpha value is -1.56. The van der Waals surface area contributed by atoms with Gasteiger partial charge in [-0.3, -0.25) is 4.79 Å². The average Bonchev–Trinajstić information content (AvgIpc) is 2.55. The first kappa shape index (κ1) is 17.8. The van der Waals surface area contributed by atoms with Crippen LogP contribution in [-0.4, -0.2) is 41.3 Å². The Morgan fingerprint density at radius 3 is 2.30 bits per heavy atom. The molecule has 2 unspecified atom stereocenters. The number of carbonyl (C=O) groups excluding carboxylic acids is 1. The molecule has 2 atom stereocenters. The molecule has 6 heteroatoms. The highest BCUT2D eigenvalue weighted by Crippen LogP contribution is 2.32. The van der Waals surface area contributed by atoms with E-state index in [0.717, 1.165) is 5.56 Å². The molecule has 0 spiro atoms. The summed E-state index contributed by atoms with van der Waals surface area (Å²) >= 11 is 0. The van der Waals surface area contributed by atoms with E-state index in [1.165, 1.54) is 0 Å². The van der Waals surface area contributed by atoms with Crippen molar-refractivity contribution in [3.63, 3.8) is 0 Å². The van der Waals surface area contributed by atoms with E-state index in [9.17, 15) is 23.1 Å². The second kappa shape index (κ2) is 7.34. The van der Waals surface area contributed by atoms with Crippen LogP contribution in [0.5, 0.6) is 0 Å². The fraction of sp³-hybridized carbons (Fsp3) is 0.588. The molecule has 0 aliphatic carbocycles. The smallest absolute Gasteiger partial charge is 0.383 e. The van der Waals surface area contributed by atoms with Gasteiger partial charge in [0.2, 0.25) is 5.91 Å². The lowest BCUT2D eigenvalue weighted by atomic mass is 9.89. The highest BCUT2D eigenvalue weighted by atomic mass is 19.4. The van der Waals surface area contributed by atoms with E-state index in [4.69, 9.17) is 0 Å². The zero-order chi connectivity index (χ0) is 17.0. The van der Waals surface area contributed by atoms with E-state index >= 15 is 0 Å². The van der Waals surface area contributed by atoms with Crippen LogP contribution in [0.25, 0.3) is 0 Å². The van der Waals surface area contributed by atoms with Crippen molar-refractivity contribution in [1.29, 1.82) is 0 Å². The molecule has 1 fully saturated rings. The van der Waals surface area contributed by atoms with Crippen LogP contribution in [0.3, 0.4) is 0 Å². The topological polar surface area (TPSA) is 40.5 Å². The van der Waals surface area contributed by atoms with E-state index in [1.54, 1.807) is 4.90 Å². The van der Waals surface area contributed by atoms with Gasteiger partial charge in [-0.15, -0.1) is 0 Å². The van der Waals surface area contributed by atoms with Crippen molar-refractivity contribution in [1.82, 2.24) is 4.90 Å². The summed E-state index contributed by atoms with van der Waals surface area (Å²) in [6, 6.07) is 9.41. The first-order chi connectivity index (χ1) is 10.8. The molecule has 1 aromatic carbocycles. The van der Waals surface area contributed by atoms with Gasteiger partial charge in [-0.25, -0.2) is 0 Å². The van der Waals surface area contributed by atoms with Gasteiger partial charge in [0.1, 0.15) is 0 Å². The maximum Gasteiger partial charge on any atom is 0.414 e. The second-order valence-corrected chi connectivity index (χ2v) is 6.02. The number of hydrogen-bond donors (Lipinski definition) is 1. The van der Waals surface area contributed by atoms with Crippen molar-refractivity contribution in [3.05, 3.63) is 35.9 Å². The van der Waals surface area contributed by atoms with Crippen molar-refractivity contribution in [2.75, 3.05) is 13.1 Å². The minimum atomic E-state index is -4.59. The van der Waals surface area contributed by atoms with Crippen LogP contribution >= 0.6 is 0 Å². The van der Waals surface area contributed by atoms with E-state index in [-0.39, 0.29) is 37.8 Å². The molecular weight excluding hydrogens is 307 g/mol. The fourth-order valence-corrected chi connectivity index (χ4v) is 3.16.